The van der Waals surface area contributed by atoms with Crippen LogP contribution in [-0.2, 0) is 0 Å². The van der Waals surface area contributed by atoms with Crippen molar-refractivity contribution in [1.29, 1.82) is 0 Å². The zero-order chi connectivity index (χ0) is 9.42. The molecule has 0 amide bonds. The molecule has 0 aliphatic heterocycles. The average molecular weight is 232 g/mol. The summed E-state index contributed by atoms with van der Waals surface area (Å²) in [7, 11) is 0. The molecule has 2 N–H and O–H groups in total. The number of rotatable bonds is 1. The summed E-state index contributed by atoms with van der Waals surface area (Å²) in [6.07, 6.45) is 0. The molecule has 0 aliphatic carbocycles. The van der Waals surface area contributed by atoms with Gasteiger partial charge >= 0.3 is 51.4 Å². The van der Waals surface area contributed by atoms with Gasteiger partial charge in [-0.05, 0) is 17.7 Å². The number of benzene rings is 1. The number of aromatic carboxylic acids is 1. The third-order valence-electron chi connectivity index (χ3n) is 1.64. The van der Waals surface area contributed by atoms with Crippen molar-refractivity contribution in [2.24, 2.45) is 0 Å². The molecule has 2 rings (SSSR count). The Hall–Kier alpha value is 0.0164. The molecular weight excluding hydrogens is 227 g/mol. The van der Waals surface area contributed by atoms with Gasteiger partial charge in [0.25, 0.3) is 0 Å². The van der Waals surface area contributed by atoms with Gasteiger partial charge < -0.3 is 15.6 Å². The zero-order valence-electron chi connectivity index (χ0n) is 7.48. The molecule has 66 valence electrons. The number of carbonyl (C=O) groups excluding carboxylic acids is 1. The van der Waals surface area contributed by atoms with Crippen molar-refractivity contribution in [2.75, 3.05) is 5.73 Å². The number of carbonyl (C=O) groups is 1. The SMILES string of the molecule is Nc1nc2ccc(C(=O)[O-])cc2s1.[K+]. The van der Waals surface area contributed by atoms with E-state index in [0.717, 1.165) is 4.70 Å². The number of carboxylic acids is 1. The molecule has 14 heavy (non-hydrogen) atoms. The van der Waals surface area contributed by atoms with Gasteiger partial charge in [0.1, 0.15) is 0 Å². The van der Waals surface area contributed by atoms with Crippen LogP contribution >= 0.6 is 11.3 Å². The van der Waals surface area contributed by atoms with Gasteiger partial charge in [-0.2, -0.15) is 0 Å². The quantitative estimate of drug-likeness (QED) is 0.541. The van der Waals surface area contributed by atoms with Crippen LogP contribution in [0.2, 0.25) is 0 Å². The number of anilines is 1. The molecule has 0 radical (unpaired) electrons. The number of thiazole rings is 1. The largest absolute Gasteiger partial charge is 1.00 e. The van der Waals surface area contributed by atoms with Crippen LogP contribution in [-0.4, -0.2) is 11.0 Å². The molecule has 0 unspecified atom stereocenters. The normalized spacial score (nSPS) is 9.71. The monoisotopic (exact) mass is 232 g/mol. The number of hydrogen-bond donors (Lipinski definition) is 1. The van der Waals surface area contributed by atoms with E-state index in [2.05, 4.69) is 4.98 Å². The molecule has 1 heterocycles. The third-order valence-corrected chi connectivity index (χ3v) is 2.49. The Morgan fingerprint density at radius 2 is 2.21 bits per heavy atom. The number of hydrogen-bond acceptors (Lipinski definition) is 5. The topological polar surface area (TPSA) is 79.0 Å². The van der Waals surface area contributed by atoms with Gasteiger partial charge in [0.05, 0.1) is 16.2 Å². The first-order valence-electron chi connectivity index (χ1n) is 3.54. The van der Waals surface area contributed by atoms with E-state index in [1.807, 2.05) is 0 Å². The summed E-state index contributed by atoms with van der Waals surface area (Å²) in [5.41, 5.74) is 6.33. The first kappa shape index (κ1) is 12.1. The van der Waals surface area contributed by atoms with Gasteiger partial charge in [-0.1, -0.05) is 17.4 Å². The van der Waals surface area contributed by atoms with Crippen molar-refractivity contribution in [3.63, 3.8) is 0 Å². The Bertz CT molecular complexity index is 483. The Balaban J connectivity index is 0.000000980. The molecule has 6 heteroatoms. The minimum absolute atomic E-state index is 0. The molecule has 0 saturated heterocycles. The predicted octanol–water partition coefficient (Wildman–Crippen LogP) is -2.75. The Labute approximate surface area is 127 Å². The molecule has 4 nitrogen and oxygen atoms in total. The molecular formula is C8H5KN2O2S. The number of fused-ring (bicyclic) bond motifs is 1. The van der Waals surface area contributed by atoms with Crippen molar-refractivity contribution in [1.82, 2.24) is 4.98 Å². The molecule has 1 aromatic carbocycles. The number of nitrogens with zero attached hydrogens (tertiary/aromatic N) is 1. The van der Waals surface area contributed by atoms with E-state index in [-0.39, 0.29) is 56.9 Å². The van der Waals surface area contributed by atoms with E-state index in [4.69, 9.17) is 5.73 Å². The van der Waals surface area contributed by atoms with Gasteiger partial charge in [0.2, 0.25) is 0 Å². The van der Waals surface area contributed by atoms with Crippen molar-refractivity contribution in [3.05, 3.63) is 23.8 Å². The molecule has 0 fully saturated rings. The average Bonchev–Trinajstić information content (AvgIpc) is 2.42. The zero-order valence-corrected chi connectivity index (χ0v) is 11.4. The fourth-order valence-electron chi connectivity index (χ4n) is 1.07. The first-order valence-corrected chi connectivity index (χ1v) is 4.36. The second kappa shape index (κ2) is 4.69. The summed E-state index contributed by atoms with van der Waals surface area (Å²) in [5.74, 6) is -1.19. The summed E-state index contributed by atoms with van der Waals surface area (Å²) in [5, 5.41) is 10.9. The fourth-order valence-corrected chi connectivity index (χ4v) is 1.84. The second-order valence-corrected chi connectivity index (χ2v) is 3.58. The number of nitrogens with two attached hydrogens (primary N) is 1. The minimum Gasteiger partial charge on any atom is -0.545 e. The summed E-state index contributed by atoms with van der Waals surface area (Å²) < 4.78 is 0.763. The van der Waals surface area contributed by atoms with Gasteiger partial charge in [-0.15, -0.1) is 0 Å². The molecule has 0 atom stereocenters. The smallest absolute Gasteiger partial charge is 0.545 e. The van der Waals surface area contributed by atoms with E-state index >= 15 is 0 Å². The van der Waals surface area contributed by atoms with Crippen molar-refractivity contribution in [2.45, 2.75) is 0 Å². The minimum atomic E-state index is -1.19. The fraction of sp³-hybridized carbons (Fsp3) is 0. The van der Waals surface area contributed by atoms with Crippen LogP contribution < -0.4 is 62.2 Å². The maximum atomic E-state index is 10.5. The molecule has 2 aromatic rings. The van der Waals surface area contributed by atoms with E-state index in [0.29, 0.717) is 10.6 Å². The van der Waals surface area contributed by atoms with E-state index < -0.39 is 5.97 Å². The molecule has 1 aromatic heterocycles. The summed E-state index contributed by atoms with van der Waals surface area (Å²) in [4.78, 5) is 14.5. The van der Waals surface area contributed by atoms with Crippen LogP contribution in [0.25, 0.3) is 10.2 Å². The maximum Gasteiger partial charge on any atom is 1.00 e. The van der Waals surface area contributed by atoms with E-state index in [1.54, 1.807) is 6.07 Å². The van der Waals surface area contributed by atoms with Gasteiger partial charge in [0.15, 0.2) is 5.13 Å². The molecule has 0 bridgehead atoms. The van der Waals surface area contributed by atoms with Crippen molar-refractivity contribution >= 4 is 32.7 Å². The number of nitrogen functional groups attached to an aromatic ring is 1. The Kier molecular flexibility index (Phi) is 4.05. The van der Waals surface area contributed by atoms with Gasteiger partial charge in [0, 0.05) is 0 Å². The van der Waals surface area contributed by atoms with Crippen LogP contribution in [0.1, 0.15) is 10.4 Å². The van der Waals surface area contributed by atoms with Crippen LogP contribution in [0.15, 0.2) is 18.2 Å². The summed E-state index contributed by atoms with van der Waals surface area (Å²) >= 11 is 1.26. The Morgan fingerprint density at radius 3 is 2.86 bits per heavy atom. The van der Waals surface area contributed by atoms with Crippen LogP contribution in [0.3, 0.4) is 0 Å². The molecule has 0 aliphatic rings. The Morgan fingerprint density at radius 1 is 1.50 bits per heavy atom. The first-order chi connectivity index (χ1) is 6.16. The van der Waals surface area contributed by atoms with Crippen molar-refractivity contribution < 1.29 is 61.3 Å². The van der Waals surface area contributed by atoms with Gasteiger partial charge in [-0.3, -0.25) is 0 Å². The van der Waals surface area contributed by atoms with Crippen LogP contribution in [0, 0.1) is 0 Å². The maximum absolute atomic E-state index is 10.5. The molecule has 0 saturated carbocycles. The van der Waals surface area contributed by atoms with E-state index in [1.165, 1.54) is 23.5 Å². The summed E-state index contributed by atoms with van der Waals surface area (Å²) in [6.45, 7) is 0. The second-order valence-electron chi connectivity index (χ2n) is 2.52. The number of carboxylic acid groups (broad SMARTS) is 1. The van der Waals surface area contributed by atoms with Crippen LogP contribution in [0.5, 0.6) is 0 Å². The standard InChI is InChI=1S/C8H6N2O2S.K/c9-8-10-5-2-1-4(7(11)12)3-6(5)13-8;/h1-3H,(H2,9,10)(H,11,12);/q;+1/p-1. The van der Waals surface area contributed by atoms with Gasteiger partial charge in [-0.25, -0.2) is 4.98 Å². The molecule has 0 spiro atoms. The number of aromatic nitrogens is 1. The predicted molar refractivity (Wildman–Crippen MR) is 48.4 cm³/mol. The van der Waals surface area contributed by atoms with Crippen molar-refractivity contribution in [3.8, 4) is 0 Å². The third kappa shape index (κ3) is 2.33. The van der Waals surface area contributed by atoms with E-state index in [9.17, 15) is 9.90 Å². The van der Waals surface area contributed by atoms with Crippen LogP contribution in [0.4, 0.5) is 5.13 Å². The summed E-state index contributed by atoms with van der Waals surface area (Å²) in [6, 6.07) is 4.59.